The van der Waals surface area contributed by atoms with Crippen LogP contribution >= 0.6 is 0 Å². The van der Waals surface area contributed by atoms with Gasteiger partial charge in [0.15, 0.2) is 0 Å². The number of nitriles is 1. The Labute approximate surface area is 73.3 Å². The molecule has 0 saturated heterocycles. The molecular formula is C8H6N2O3. The molecule has 13 heavy (non-hydrogen) atoms. The number of nitrogens with zero attached hydrogens (tertiary/aromatic N) is 1. The summed E-state index contributed by atoms with van der Waals surface area (Å²) in [5.41, 5.74) is -0.517. The summed E-state index contributed by atoms with van der Waals surface area (Å²) >= 11 is 0. The van der Waals surface area contributed by atoms with Crippen LogP contribution in [0.1, 0.15) is 21.6 Å². The highest BCUT2D eigenvalue weighted by atomic mass is 16.4. The van der Waals surface area contributed by atoms with Crippen LogP contribution in [0.5, 0.6) is 0 Å². The van der Waals surface area contributed by atoms with E-state index in [0.717, 1.165) is 6.07 Å². The van der Waals surface area contributed by atoms with E-state index in [-0.39, 0.29) is 16.8 Å². The molecule has 5 heteroatoms. The van der Waals surface area contributed by atoms with Gasteiger partial charge in [0.1, 0.15) is 6.07 Å². The number of pyridine rings is 1. The summed E-state index contributed by atoms with van der Waals surface area (Å²) in [4.78, 5) is 23.8. The van der Waals surface area contributed by atoms with Gasteiger partial charge in [-0.1, -0.05) is 0 Å². The second-order valence-corrected chi connectivity index (χ2v) is 2.46. The highest BCUT2D eigenvalue weighted by Crippen LogP contribution is 2.07. The van der Waals surface area contributed by atoms with Crippen molar-refractivity contribution >= 4 is 5.97 Å². The highest BCUT2D eigenvalue weighted by Gasteiger charge is 2.12. The summed E-state index contributed by atoms with van der Waals surface area (Å²) in [5, 5.41) is 17.2. The molecule has 0 unspecified atom stereocenters. The normalized spacial score (nSPS) is 9.23. The zero-order valence-corrected chi connectivity index (χ0v) is 6.79. The van der Waals surface area contributed by atoms with Crippen LogP contribution in [0.15, 0.2) is 10.9 Å². The van der Waals surface area contributed by atoms with Crippen molar-refractivity contribution in [1.29, 1.82) is 5.26 Å². The number of nitrogens with one attached hydrogen (secondary N) is 1. The minimum absolute atomic E-state index is 0.00731. The number of rotatable bonds is 1. The predicted molar refractivity (Wildman–Crippen MR) is 43.5 cm³/mol. The van der Waals surface area contributed by atoms with Gasteiger partial charge in [-0.3, -0.25) is 4.79 Å². The third-order valence-corrected chi connectivity index (χ3v) is 1.57. The molecule has 0 radical (unpaired) electrons. The van der Waals surface area contributed by atoms with E-state index in [1.54, 1.807) is 6.07 Å². The van der Waals surface area contributed by atoms with E-state index < -0.39 is 11.5 Å². The molecule has 66 valence electrons. The summed E-state index contributed by atoms with van der Waals surface area (Å²) < 4.78 is 0. The molecule has 0 saturated carbocycles. The van der Waals surface area contributed by atoms with Gasteiger partial charge in [0.2, 0.25) is 5.56 Å². The number of carbonyl (C=O) groups is 1. The number of hydrogen-bond donors (Lipinski definition) is 2. The quantitative estimate of drug-likeness (QED) is 0.644. The number of aromatic carboxylic acids is 1. The fourth-order valence-electron chi connectivity index (χ4n) is 1.00. The molecule has 0 atom stereocenters. The van der Waals surface area contributed by atoms with E-state index in [1.165, 1.54) is 6.92 Å². The number of carboxylic acids is 1. The van der Waals surface area contributed by atoms with Crippen molar-refractivity contribution in [3.05, 3.63) is 33.2 Å². The average molecular weight is 178 g/mol. The van der Waals surface area contributed by atoms with Crippen LogP contribution in [0.2, 0.25) is 0 Å². The van der Waals surface area contributed by atoms with Crippen LogP contribution in [-0.4, -0.2) is 16.1 Å². The van der Waals surface area contributed by atoms with E-state index >= 15 is 0 Å². The van der Waals surface area contributed by atoms with Gasteiger partial charge in [-0.2, -0.15) is 5.26 Å². The molecule has 1 aromatic heterocycles. The maximum absolute atomic E-state index is 10.9. The first-order valence-electron chi connectivity index (χ1n) is 3.43. The lowest BCUT2D eigenvalue weighted by Gasteiger charge is -1.99. The van der Waals surface area contributed by atoms with Crippen LogP contribution in [0.3, 0.4) is 0 Å². The van der Waals surface area contributed by atoms with Crippen molar-refractivity contribution in [2.45, 2.75) is 6.92 Å². The molecule has 0 aliphatic heterocycles. The second-order valence-electron chi connectivity index (χ2n) is 2.46. The van der Waals surface area contributed by atoms with Crippen molar-refractivity contribution in [3.63, 3.8) is 0 Å². The van der Waals surface area contributed by atoms with Gasteiger partial charge in [0.05, 0.1) is 11.1 Å². The van der Waals surface area contributed by atoms with Crippen molar-refractivity contribution < 1.29 is 9.90 Å². The largest absolute Gasteiger partial charge is 0.478 e. The molecule has 2 N–H and O–H groups in total. The zero-order chi connectivity index (χ0) is 10.0. The van der Waals surface area contributed by atoms with Crippen molar-refractivity contribution in [2.75, 3.05) is 0 Å². The van der Waals surface area contributed by atoms with Crippen LogP contribution in [-0.2, 0) is 0 Å². The number of carboxylic acid groups (broad SMARTS) is 1. The number of aromatic nitrogens is 1. The topological polar surface area (TPSA) is 93.9 Å². The maximum Gasteiger partial charge on any atom is 0.337 e. The number of H-pyrrole nitrogens is 1. The Bertz CT molecular complexity index is 453. The molecule has 0 amide bonds. The molecule has 0 bridgehead atoms. The third kappa shape index (κ3) is 1.56. The monoisotopic (exact) mass is 178 g/mol. The van der Waals surface area contributed by atoms with E-state index in [9.17, 15) is 9.59 Å². The van der Waals surface area contributed by atoms with Gasteiger partial charge in [-0.15, -0.1) is 0 Å². The predicted octanol–water partition coefficient (Wildman–Crippen LogP) is 0.253. The zero-order valence-electron chi connectivity index (χ0n) is 6.79. The maximum atomic E-state index is 10.9. The van der Waals surface area contributed by atoms with Crippen LogP contribution in [0, 0.1) is 18.3 Å². The first-order valence-corrected chi connectivity index (χ1v) is 3.43. The second kappa shape index (κ2) is 3.11. The summed E-state index contributed by atoms with van der Waals surface area (Å²) in [6, 6.07) is 2.62. The minimum atomic E-state index is -1.27. The molecule has 0 fully saturated rings. The molecule has 1 heterocycles. The lowest BCUT2D eigenvalue weighted by molar-refractivity contribution is 0.0696. The molecule has 0 spiro atoms. The minimum Gasteiger partial charge on any atom is -0.478 e. The molecule has 5 nitrogen and oxygen atoms in total. The van der Waals surface area contributed by atoms with E-state index in [2.05, 4.69) is 4.98 Å². The fourth-order valence-corrected chi connectivity index (χ4v) is 1.00. The third-order valence-electron chi connectivity index (χ3n) is 1.57. The van der Waals surface area contributed by atoms with Crippen molar-refractivity contribution in [3.8, 4) is 6.07 Å². The molecule has 1 rings (SSSR count). The van der Waals surface area contributed by atoms with E-state index in [4.69, 9.17) is 10.4 Å². The summed E-state index contributed by atoms with van der Waals surface area (Å²) in [7, 11) is 0. The molecular weight excluding hydrogens is 172 g/mol. The first kappa shape index (κ1) is 9.00. The van der Waals surface area contributed by atoms with Gasteiger partial charge < -0.3 is 10.1 Å². The van der Waals surface area contributed by atoms with Crippen LogP contribution in [0.25, 0.3) is 0 Å². The van der Waals surface area contributed by atoms with Crippen LogP contribution < -0.4 is 5.56 Å². The van der Waals surface area contributed by atoms with E-state index in [0.29, 0.717) is 0 Å². The molecule has 0 aliphatic rings. The Morgan fingerprint density at radius 1 is 1.69 bits per heavy atom. The van der Waals surface area contributed by atoms with Crippen molar-refractivity contribution in [1.82, 2.24) is 4.98 Å². The fraction of sp³-hybridized carbons (Fsp3) is 0.125. The Kier molecular flexibility index (Phi) is 2.15. The Morgan fingerprint density at radius 3 is 2.77 bits per heavy atom. The van der Waals surface area contributed by atoms with Gasteiger partial charge in [0.25, 0.3) is 0 Å². The lowest BCUT2D eigenvalue weighted by Crippen LogP contribution is -2.13. The summed E-state index contributed by atoms with van der Waals surface area (Å²) in [6.45, 7) is 1.48. The summed E-state index contributed by atoms with van der Waals surface area (Å²) in [5.74, 6) is -1.27. The first-order chi connectivity index (χ1) is 6.06. The van der Waals surface area contributed by atoms with Gasteiger partial charge >= 0.3 is 5.97 Å². The smallest absolute Gasteiger partial charge is 0.337 e. The Hall–Kier alpha value is -2.09. The standard InChI is InChI=1S/C8H6N2O3/c1-4-6(3-9)5(8(12)13)2-7(11)10-4/h2H,1H3,(H,10,11)(H,12,13). The van der Waals surface area contributed by atoms with Gasteiger partial charge in [-0.25, -0.2) is 4.79 Å². The number of aromatic amines is 1. The lowest BCUT2D eigenvalue weighted by atomic mass is 10.1. The van der Waals surface area contributed by atoms with Gasteiger partial charge in [0, 0.05) is 11.8 Å². The van der Waals surface area contributed by atoms with Crippen LogP contribution in [0.4, 0.5) is 0 Å². The molecule has 0 aromatic carbocycles. The Balaban J connectivity index is 3.59. The SMILES string of the molecule is Cc1[nH]c(=O)cc(C(=O)O)c1C#N. The van der Waals surface area contributed by atoms with E-state index in [1.807, 2.05) is 0 Å². The average Bonchev–Trinajstić information content (AvgIpc) is 2.02. The number of aryl methyl sites for hydroxylation is 1. The van der Waals surface area contributed by atoms with Gasteiger partial charge in [-0.05, 0) is 6.92 Å². The highest BCUT2D eigenvalue weighted by molar-refractivity contribution is 5.90. The molecule has 0 aliphatic carbocycles. The number of hydrogen-bond acceptors (Lipinski definition) is 3. The molecule has 1 aromatic rings. The van der Waals surface area contributed by atoms with Crippen molar-refractivity contribution in [2.24, 2.45) is 0 Å². The Morgan fingerprint density at radius 2 is 2.31 bits per heavy atom. The summed E-state index contributed by atoms with van der Waals surface area (Å²) in [6.07, 6.45) is 0.